The second kappa shape index (κ2) is 6.09. The number of carbonyl (C=O) groups is 2. The lowest BCUT2D eigenvalue weighted by Crippen LogP contribution is -2.44. The first-order valence-electron chi connectivity index (χ1n) is 8.35. The molecule has 5 heteroatoms. The van der Waals surface area contributed by atoms with Gasteiger partial charge in [0.15, 0.2) is 0 Å². The highest BCUT2D eigenvalue weighted by Gasteiger charge is 2.52. The number of carboxylic acids is 1. The zero-order valence-corrected chi connectivity index (χ0v) is 14.2. The van der Waals surface area contributed by atoms with E-state index in [1.165, 1.54) is 6.42 Å². The van der Waals surface area contributed by atoms with Crippen LogP contribution in [0.5, 0.6) is 0 Å². The average Bonchev–Trinajstić information content (AvgIpc) is 2.83. The normalized spacial score (nSPS) is 32.8. The van der Waals surface area contributed by atoms with Crippen LogP contribution in [0.2, 0.25) is 0 Å². The Hall–Kier alpha value is -1.26. The van der Waals surface area contributed by atoms with Crippen LogP contribution in [0.3, 0.4) is 0 Å². The molecule has 22 heavy (non-hydrogen) atoms. The van der Waals surface area contributed by atoms with Gasteiger partial charge in [0.05, 0.1) is 5.41 Å². The summed E-state index contributed by atoms with van der Waals surface area (Å²) in [5.41, 5.74) is -1.34. The van der Waals surface area contributed by atoms with Gasteiger partial charge in [0.25, 0.3) is 0 Å². The van der Waals surface area contributed by atoms with Crippen LogP contribution in [0.15, 0.2) is 0 Å². The summed E-state index contributed by atoms with van der Waals surface area (Å²) in [6, 6.07) is 0. The van der Waals surface area contributed by atoms with Crippen molar-refractivity contribution in [2.45, 2.75) is 65.4 Å². The minimum atomic E-state index is -0.786. The van der Waals surface area contributed by atoms with Gasteiger partial charge in [-0.25, -0.2) is 4.79 Å². The molecule has 0 radical (unpaired) electrons. The highest BCUT2D eigenvalue weighted by atomic mass is 16.6. The molecular formula is C17H29NO4. The van der Waals surface area contributed by atoms with Gasteiger partial charge in [-0.05, 0) is 51.9 Å². The van der Waals surface area contributed by atoms with E-state index in [2.05, 4.69) is 6.92 Å². The highest BCUT2D eigenvalue weighted by molar-refractivity contribution is 5.78. The van der Waals surface area contributed by atoms with E-state index in [-0.39, 0.29) is 18.6 Å². The molecule has 2 fully saturated rings. The Morgan fingerprint density at radius 2 is 1.95 bits per heavy atom. The molecule has 1 amide bonds. The molecule has 0 spiro atoms. The molecule has 3 atom stereocenters. The van der Waals surface area contributed by atoms with E-state index in [9.17, 15) is 14.7 Å². The molecule has 0 aromatic rings. The van der Waals surface area contributed by atoms with Crippen molar-refractivity contribution in [3.8, 4) is 0 Å². The lowest BCUT2D eigenvalue weighted by atomic mass is 9.66. The molecule has 1 heterocycles. The van der Waals surface area contributed by atoms with Crippen LogP contribution in [0.1, 0.15) is 59.8 Å². The van der Waals surface area contributed by atoms with Crippen LogP contribution in [0.4, 0.5) is 4.79 Å². The zero-order valence-electron chi connectivity index (χ0n) is 14.2. The third kappa shape index (κ3) is 3.55. The average molecular weight is 311 g/mol. The lowest BCUT2D eigenvalue weighted by Gasteiger charge is -2.38. The maximum Gasteiger partial charge on any atom is 0.410 e. The molecule has 0 bridgehead atoms. The molecule has 5 nitrogen and oxygen atoms in total. The largest absolute Gasteiger partial charge is 0.481 e. The molecule has 126 valence electrons. The lowest BCUT2D eigenvalue weighted by molar-refractivity contribution is -0.153. The molecular weight excluding hydrogens is 282 g/mol. The van der Waals surface area contributed by atoms with E-state index in [4.69, 9.17) is 4.74 Å². The second-order valence-electron chi connectivity index (χ2n) is 8.08. The summed E-state index contributed by atoms with van der Waals surface area (Å²) >= 11 is 0. The molecule has 0 aromatic heterocycles. The number of aliphatic carboxylic acids is 1. The molecule has 1 saturated heterocycles. The number of carboxylic acid groups (broad SMARTS) is 1. The van der Waals surface area contributed by atoms with Crippen molar-refractivity contribution in [2.75, 3.05) is 13.1 Å². The third-order valence-corrected chi connectivity index (χ3v) is 5.10. The van der Waals surface area contributed by atoms with Gasteiger partial charge in [-0.3, -0.25) is 4.79 Å². The van der Waals surface area contributed by atoms with E-state index < -0.39 is 17.0 Å². The Bertz CT molecular complexity index is 442. The van der Waals surface area contributed by atoms with Crippen LogP contribution < -0.4 is 0 Å². The molecule has 2 aliphatic rings. The topological polar surface area (TPSA) is 66.8 Å². The van der Waals surface area contributed by atoms with Crippen molar-refractivity contribution in [3.05, 3.63) is 0 Å². The van der Waals surface area contributed by atoms with Crippen molar-refractivity contribution >= 4 is 12.1 Å². The van der Waals surface area contributed by atoms with Crippen LogP contribution in [0.25, 0.3) is 0 Å². The summed E-state index contributed by atoms with van der Waals surface area (Å²) in [4.78, 5) is 25.8. The minimum absolute atomic E-state index is 0.168. The Labute approximate surface area is 133 Å². The molecule has 1 aliphatic carbocycles. The van der Waals surface area contributed by atoms with Gasteiger partial charge in [0.2, 0.25) is 0 Å². The smallest absolute Gasteiger partial charge is 0.410 e. The van der Waals surface area contributed by atoms with Gasteiger partial charge in [-0.2, -0.15) is 0 Å². The van der Waals surface area contributed by atoms with Crippen molar-refractivity contribution in [1.29, 1.82) is 0 Å². The number of amides is 1. The van der Waals surface area contributed by atoms with Crippen molar-refractivity contribution in [3.63, 3.8) is 0 Å². The fraction of sp³-hybridized carbons (Fsp3) is 0.882. The van der Waals surface area contributed by atoms with Crippen LogP contribution in [-0.2, 0) is 9.53 Å². The van der Waals surface area contributed by atoms with Gasteiger partial charge in [-0.15, -0.1) is 0 Å². The molecule has 1 aliphatic heterocycles. The summed E-state index contributed by atoms with van der Waals surface area (Å²) in [5.74, 6) is -0.00982. The molecule has 2 rings (SSSR count). The van der Waals surface area contributed by atoms with Gasteiger partial charge in [0, 0.05) is 13.1 Å². The maximum atomic E-state index is 12.2. The number of carbonyl (C=O) groups excluding carboxylic acids is 1. The molecule has 3 unspecified atom stereocenters. The van der Waals surface area contributed by atoms with Crippen LogP contribution in [-0.4, -0.2) is 40.8 Å². The molecule has 1 N–H and O–H groups in total. The number of hydrogen-bond acceptors (Lipinski definition) is 3. The fourth-order valence-electron chi connectivity index (χ4n) is 3.93. The standard InChI is InChI=1S/C17H29NO4/c1-12-6-5-7-13(10-12)17(14(19)20)8-9-18(11-17)15(21)22-16(2,3)4/h12-13H,5-11H2,1-4H3,(H,19,20). The summed E-state index contributed by atoms with van der Waals surface area (Å²) in [6.45, 7) is 8.44. The predicted molar refractivity (Wildman–Crippen MR) is 83.6 cm³/mol. The van der Waals surface area contributed by atoms with Crippen LogP contribution in [0, 0.1) is 17.3 Å². The van der Waals surface area contributed by atoms with Gasteiger partial charge < -0.3 is 14.7 Å². The summed E-state index contributed by atoms with van der Waals surface area (Å²) in [7, 11) is 0. The SMILES string of the molecule is CC1CCCC(C2(C(=O)O)CCN(C(=O)OC(C)(C)C)C2)C1. The van der Waals surface area contributed by atoms with E-state index in [1.54, 1.807) is 4.90 Å². The Balaban J connectivity index is 2.11. The Morgan fingerprint density at radius 3 is 2.50 bits per heavy atom. The number of likely N-dealkylation sites (tertiary alicyclic amines) is 1. The van der Waals surface area contributed by atoms with Gasteiger partial charge >= 0.3 is 12.1 Å². The Morgan fingerprint density at radius 1 is 1.27 bits per heavy atom. The van der Waals surface area contributed by atoms with Crippen molar-refractivity contribution < 1.29 is 19.4 Å². The number of hydrogen-bond donors (Lipinski definition) is 1. The molecule has 1 saturated carbocycles. The first kappa shape index (κ1) is 17.1. The van der Waals surface area contributed by atoms with Crippen LogP contribution >= 0.6 is 0 Å². The first-order valence-corrected chi connectivity index (χ1v) is 8.35. The van der Waals surface area contributed by atoms with E-state index >= 15 is 0 Å². The van der Waals surface area contributed by atoms with E-state index in [0.29, 0.717) is 18.9 Å². The summed E-state index contributed by atoms with van der Waals surface area (Å²) in [5, 5.41) is 9.86. The van der Waals surface area contributed by atoms with Gasteiger partial charge in [-0.1, -0.05) is 19.8 Å². The molecule has 0 aromatic carbocycles. The van der Waals surface area contributed by atoms with E-state index in [1.807, 2.05) is 20.8 Å². The first-order chi connectivity index (χ1) is 10.1. The Kier molecular flexibility index (Phi) is 4.73. The fourth-order valence-corrected chi connectivity index (χ4v) is 3.93. The highest BCUT2D eigenvalue weighted by Crippen LogP contribution is 2.46. The predicted octanol–water partition coefficient (Wildman–Crippen LogP) is 3.52. The van der Waals surface area contributed by atoms with Gasteiger partial charge in [0.1, 0.15) is 5.60 Å². The summed E-state index contributed by atoms with van der Waals surface area (Å²) in [6.07, 6.45) is 4.33. The monoisotopic (exact) mass is 311 g/mol. The number of rotatable bonds is 2. The van der Waals surface area contributed by atoms with Crippen molar-refractivity contribution in [2.24, 2.45) is 17.3 Å². The second-order valence-corrected chi connectivity index (χ2v) is 8.08. The number of ether oxygens (including phenoxy) is 1. The maximum absolute atomic E-state index is 12.2. The van der Waals surface area contributed by atoms with E-state index in [0.717, 1.165) is 19.3 Å². The summed E-state index contributed by atoms with van der Waals surface area (Å²) < 4.78 is 5.40. The minimum Gasteiger partial charge on any atom is -0.481 e. The van der Waals surface area contributed by atoms with Crippen molar-refractivity contribution in [1.82, 2.24) is 4.90 Å². The number of nitrogens with zero attached hydrogens (tertiary/aromatic N) is 1. The quantitative estimate of drug-likeness (QED) is 0.847. The third-order valence-electron chi connectivity index (χ3n) is 5.10. The zero-order chi connectivity index (χ0) is 16.5.